The van der Waals surface area contributed by atoms with Crippen molar-refractivity contribution in [3.63, 3.8) is 0 Å². The quantitative estimate of drug-likeness (QED) is 0.721. The highest BCUT2D eigenvalue weighted by atomic mass is 19.3. The number of hydrogen-bond donors (Lipinski definition) is 1. The van der Waals surface area contributed by atoms with E-state index in [2.05, 4.69) is 10.1 Å². The number of rotatable bonds is 7. The highest BCUT2D eigenvalue weighted by molar-refractivity contribution is 4.91. The molecule has 0 saturated carbocycles. The molecule has 0 aromatic carbocycles. The molecule has 0 spiro atoms. The number of alkyl halides is 2. The molecule has 0 amide bonds. The van der Waals surface area contributed by atoms with Crippen LogP contribution >= 0.6 is 0 Å². The lowest BCUT2D eigenvalue weighted by Gasteiger charge is -2.00. The summed E-state index contributed by atoms with van der Waals surface area (Å²) in [5, 5.41) is 3.67. The van der Waals surface area contributed by atoms with Gasteiger partial charge in [-0.2, -0.15) is 4.98 Å². The molecule has 0 aliphatic rings. The van der Waals surface area contributed by atoms with Crippen molar-refractivity contribution in [1.29, 1.82) is 0 Å². The summed E-state index contributed by atoms with van der Waals surface area (Å²) in [6.45, 7) is 1.48. The monoisotopic (exact) mass is 235 g/mol. The molecule has 2 N–H and O–H groups in total. The van der Waals surface area contributed by atoms with Crippen molar-refractivity contribution in [2.75, 3.05) is 13.2 Å². The molecule has 0 aliphatic carbocycles. The van der Waals surface area contributed by atoms with E-state index in [1.165, 1.54) is 0 Å². The molecule has 16 heavy (non-hydrogen) atoms. The lowest BCUT2D eigenvalue weighted by molar-refractivity contribution is 0.0182. The molecule has 0 unspecified atom stereocenters. The summed E-state index contributed by atoms with van der Waals surface area (Å²) in [7, 11) is 0. The normalized spacial score (nSPS) is 13.3. The molecule has 0 saturated heterocycles. The molecule has 1 aromatic heterocycles. The largest absolute Gasteiger partial charge is 0.375 e. The standard InChI is InChI=1S/C9H15F2N3O2/c1-2-6(12)9-13-8(14-16-9)3-4-15-5-7(10)11/h6-7H,2-5,12H2,1H3/t6-/m0/s1. The molecule has 7 heteroatoms. The summed E-state index contributed by atoms with van der Waals surface area (Å²) in [6.07, 6.45) is -1.41. The van der Waals surface area contributed by atoms with Crippen molar-refractivity contribution in [2.45, 2.75) is 32.2 Å². The van der Waals surface area contributed by atoms with Crippen LogP contribution in [-0.2, 0) is 11.2 Å². The number of nitrogens with two attached hydrogens (primary N) is 1. The van der Waals surface area contributed by atoms with Crippen LogP contribution in [0.5, 0.6) is 0 Å². The minimum Gasteiger partial charge on any atom is -0.375 e. The van der Waals surface area contributed by atoms with Gasteiger partial charge in [-0.25, -0.2) is 8.78 Å². The van der Waals surface area contributed by atoms with Gasteiger partial charge in [0.2, 0.25) is 5.89 Å². The minimum absolute atomic E-state index is 0.144. The fourth-order valence-corrected chi connectivity index (χ4v) is 1.03. The van der Waals surface area contributed by atoms with Crippen molar-refractivity contribution in [3.8, 4) is 0 Å². The zero-order valence-electron chi connectivity index (χ0n) is 9.03. The van der Waals surface area contributed by atoms with Gasteiger partial charge in [-0.1, -0.05) is 12.1 Å². The van der Waals surface area contributed by atoms with Crippen LogP contribution in [0.1, 0.15) is 31.1 Å². The summed E-state index contributed by atoms with van der Waals surface area (Å²) < 4.78 is 33.0. The Labute approximate surface area is 92.0 Å². The SMILES string of the molecule is CC[C@H](N)c1nc(CCOCC(F)F)no1. The topological polar surface area (TPSA) is 74.2 Å². The maximum Gasteiger partial charge on any atom is 0.261 e. The fourth-order valence-electron chi connectivity index (χ4n) is 1.03. The van der Waals surface area contributed by atoms with E-state index in [0.717, 1.165) is 0 Å². The van der Waals surface area contributed by atoms with Gasteiger partial charge in [0.25, 0.3) is 6.43 Å². The minimum atomic E-state index is -2.45. The van der Waals surface area contributed by atoms with E-state index >= 15 is 0 Å². The third-order valence-electron chi connectivity index (χ3n) is 1.95. The molecule has 0 radical (unpaired) electrons. The van der Waals surface area contributed by atoms with E-state index < -0.39 is 13.0 Å². The number of halogens is 2. The molecule has 0 bridgehead atoms. The van der Waals surface area contributed by atoms with Crippen LogP contribution in [0.3, 0.4) is 0 Å². The van der Waals surface area contributed by atoms with Gasteiger partial charge in [-0.05, 0) is 6.42 Å². The van der Waals surface area contributed by atoms with Crippen molar-refractivity contribution < 1.29 is 18.0 Å². The van der Waals surface area contributed by atoms with Crippen molar-refractivity contribution in [2.24, 2.45) is 5.73 Å². The molecule has 5 nitrogen and oxygen atoms in total. The summed E-state index contributed by atoms with van der Waals surface area (Å²) in [5.41, 5.74) is 5.68. The predicted octanol–water partition coefficient (Wildman–Crippen LogP) is 1.30. The van der Waals surface area contributed by atoms with Crippen LogP contribution < -0.4 is 5.73 Å². The zero-order valence-corrected chi connectivity index (χ0v) is 9.03. The van der Waals surface area contributed by atoms with E-state index in [1.807, 2.05) is 6.92 Å². The van der Waals surface area contributed by atoms with E-state index in [-0.39, 0.29) is 12.6 Å². The molecule has 0 aliphatic heterocycles. The molecular formula is C9H15F2N3O2. The Morgan fingerprint density at radius 2 is 2.25 bits per heavy atom. The van der Waals surface area contributed by atoms with Crippen molar-refractivity contribution in [3.05, 3.63) is 11.7 Å². The molecule has 1 aromatic rings. The van der Waals surface area contributed by atoms with Crippen molar-refractivity contribution >= 4 is 0 Å². The summed E-state index contributed by atoms with van der Waals surface area (Å²) >= 11 is 0. The van der Waals surface area contributed by atoms with Crippen LogP contribution in [0.2, 0.25) is 0 Å². The second-order valence-electron chi connectivity index (χ2n) is 3.28. The van der Waals surface area contributed by atoms with E-state index in [4.69, 9.17) is 15.0 Å². The maximum atomic E-state index is 11.7. The Kier molecular flexibility index (Phi) is 5.27. The molecule has 1 heterocycles. The maximum absolute atomic E-state index is 11.7. The van der Waals surface area contributed by atoms with E-state index in [9.17, 15) is 8.78 Å². The summed E-state index contributed by atoms with van der Waals surface area (Å²) in [5.74, 6) is 0.791. The number of hydrogen-bond acceptors (Lipinski definition) is 5. The van der Waals surface area contributed by atoms with Gasteiger partial charge in [-0.15, -0.1) is 0 Å². The summed E-state index contributed by atoms with van der Waals surface area (Å²) in [6, 6.07) is -0.275. The highest BCUT2D eigenvalue weighted by Gasteiger charge is 2.12. The molecule has 92 valence electrons. The predicted molar refractivity (Wildman–Crippen MR) is 52.0 cm³/mol. The number of aromatic nitrogens is 2. The Morgan fingerprint density at radius 1 is 1.50 bits per heavy atom. The number of nitrogens with zero attached hydrogens (tertiary/aromatic N) is 2. The van der Waals surface area contributed by atoms with Crippen LogP contribution in [0.15, 0.2) is 4.52 Å². The number of ether oxygens (including phenoxy) is 1. The fraction of sp³-hybridized carbons (Fsp3) is 0.778. The third-order valence-corrected chi connectivity index (χ3v) is 1.95. The van der Waals surface area contributed by atoms with Gasteiger partial charge in [0, 0.05) is 6.42 Å². The highest BCUT2D eigenvalue weighted by Crippen LogP contribution is 2.10. The first-order chi connectivity index (χ1) is 7.63. The van der Waals surface area contributed by atoms with Crippen LogP contribution in [0, 0.1) is 0 Å². The Hall–Kier alpha value is -1.08. The smallest absolute Gasteiger partial charge is 0.261 e. The second kappa shape index (κ2) is 6.49. The Balaban J connectivity index is 2.29. The first-order valence-corrected chi connectivity index (χ1v) is 5.07. The zero-order chi connectivity index (χ0) is 12.0. The van der Waals surface area contributed by atoms with E-state index in [0.29, 0.717) is 24.6 Å². The lowest BCUT2D eigenvalue weighted by atomic mass is 10.2. The van der Waals surface area contributed by atoms with Crippen LogP contribution in [-0.4, -0.2) is 29.8 Å². The van der Waals surface area contributed by atoms with Gasteiger partial charge < -0.3 is 15.0 Å². The van der Waals surface area contributed by atoms with Gasteiger partial charge in [0.1, 0.15) is 6.61 Å². The average Bonchev–Trinajstić information content (AvgIpc) is 2.71. The van der Waals surface area contributed by atoms with Crippen LogP contribution in [0.4, 0.5) is 8.78 Å². The summed E-state index contributed by atoms with van der Waals surface area (Å²) in [4.78, 5) is 4.03. The van der Waals surface area contributed by atoms with E-state index in [1.54, 1.807) is 0 Å². The van der Waals surface area contributed by atoms with Gasteiger partial charge in [0.15, 0.2) is 5.82 Å². The van der Waals surface area contributed by atoms with Crippen molar-refractivity contribution in [1.82, 2.24) is 10.1 Å². The van der Waals surface area contributed by atoms with Gasteiger partial charge in [-0.3, -0.25) is 0 Å². The molecule has 0 fully saturated rings. The lowest BCUT2D eigenvalue weighted by Crippen LogP contribution is -2.10. The Morgan fingerprint density at radius 3 is 2.88 bits per heavy atom. The molecular weight excluding hydrogens is 220 g/mol. The molecule has 1 rings (SSSR count). The third kappa shape index (κ3) is 4.19. The second-order valence-corrected chi connectivity index (χ2v) is 3.28. The Bertz CT molecular complexity index is 307. The first kappa shape index (κ1) is 13.0. The van der Waals surface area contributed by atoms with Crippen LogP contribution in [0.25, 0.3) is 0 Å². The first-order valence-electron chi connectivity index (χ1n) is 5.07. The average molecular weight is 235 g/mol. The van der Waals surface area contributed by atoms with Gasteiger partial charge >= 0.3 is 0 Å². The van der Waals surface area contributed by atoms with Gasteiger partial charge in [0.05, 0.1) is 12.6 Å². The molecule has 1 atom stereocenters.